The van der Waals surface area contributed by atoms with Crippen LogP contribution in [0.5, 0.6) is 0 Å². The van der Waals surface area contributed by atoms with E-state index < -0.39 is 0 Å². The van der Waals surface area contributed by atoms with Crippen molar-refractivity contribution in [3.63, 3.8) is 0 Å². The lowest BCUT2D eigenvalue weighted by Gasteiger charge is -2.30. The van der Waals surface area contributed by atoms with E-state index in [2.05, 4.69) is 62.9 Å². The van der Waals surface area contributed by atoms with Crippen LogP contribution in [0.25, 0.3) is 0 Å². The minimum Gasteiger partial charge on any atom is -0.375 e. The van der Waals surface area contributed by atoms with Crippen LogP contribution in [0.1, 0.15) is 48.2 Å². The molecule has 158 valence electrons. The van der Waals surface area contributed by atoms with Gasteiger partial charge in [0, 0.05) is 33.1 Å². The summed E-state index contributed by atoms with van der Waals surface area (Å²) < 4.78 is 5.37. The van der Waals surface area contributed by atoms with Crippen LogP contribution >= 0.6 is 11.3 Å². The second kappa shape index (κ2) is 10.7. The van der Waals surface area contributed by atoms with Gasteiger partial charge in [0.15, 0.2) is 5.96 Å². The molecule has 0 bridgehead atoms. The second-order valence-electron chi connectivity index (χ2n) is 7.51. The number of benzene rings is 1. The first-order valence-electron chi connectivity index (χ1n) is 10.3. The van der Waals surface area contributed by atoms with E-state index in [0.29, 0.717) is 12.6 Å². The van der Waals surface area contributed by atoms with E-state index in [1.165, 1.54) is 18.4 Å². The number of methoxy groups -OCH3 is 1. The zero-order chi connectivity index (χ0) is 20.6. The minimum absolute atomic E-state index is 0.0311. The van der Waals surface area contributed by atoms with Crippen molar-refractivity contribution >= 4 is 17.3 Å². The molecule has 1 aromatic carbocycles. The summed E-state index contributed by atoms with van der Waals surface area (Å²) in [6.07, 6.45) is 2.59. The summed E-state index contributed by atoms with van der Waals surface area (Å²) in [5.74, 6) is 0.888. The van der Waals surface area contributed by atoms with Gasteiger partial charge in [0.05, 0.1) is 18.3 Å². The number of guanidine groups is 1. The van der Waals surface area contributed by atoms with E-state index in [9.17, 15) is 0 Å². The van der Waals surface area contributed by atoms with E-state index in [1.807, 2.05) is 14.0 Å². The monoisotopic (exact) mass is 415 g/mol. The molecule has 6 nitrogen and oxygen atoms in total. The molecule has 3 rings (SSSR count). The molecule has 29 heavy (non-hydrogen) atoms. The van der Waals surface area contributed by atoms with Crippen molar-refractivity contribution < 1.29 is 4.74 Å². The fraction of sp³-hybridized carbons (Fsp3) is 0.545. The Bertz CT molecular complexity index is 773. The lowest BCUT2D eigenvalue weighted by molar-refractivity contribution is 0.119. The number of nitrogens with zero attached hydrogens (tertiary/aromatic N) is 4. The molecule has 2 aromatic rings. The van der Waals surface area contributed by atoms with Gasteiger partial charge in [0.1, 0.15) is 11.1 Å². The lowest BCUT2D eigenvalue weighted by Crippen LogP contribution is -2.43. The SMILES string of the molecule is CN=C(NCC(c1ccccc1)N1CCCC1)N(C)Cc1csc(C(C)OC)n1. The average molecular weight is 416 g/mol. The zero-order valence-electron chi connectivity index (χ0n) is 18.0. The highest BCUT2D eigenvalue weighted by atomic mass is 32.1. The van der Waals surface area contributed by atoms with Crippen LogP contribution in [0.2, 0.25) is 0 Å². The predicted molar refractivity (Wildman–Crippen MR) is 120 cm³/mol. The molecule has 2 heterocycles. The number of hydrogen-bond donors (Lipinski definition) is 1. The summed E-state index contributed by atoms with van der Waals surface area (Å²) in [7, 11) is 5.61. The molecule has 1 saturated heterocycles. The first-order chi connectivity index (χ1) is 14.1. The highest BCUT2D eigenvalue weighted by Gasteiger charge is 2.24. The van der Waals surface area contributed by atoms with Crippen molar-refractivity contribution in [1.82, 2.24) is 20.1 Å². The van der Waals surface area contributed by atoms with Gasteiger partial charge in [-0.25, -0.2) is 4.98 Å². The smallest absolute Gasteiger partial charge is 0.193 e. The Balaban J connectivity index is 1.62. The summed E-state index contributed by atoms with van der Waals surface area (Å²) in [4.78, 5) is 13.9. The Kier molecular flexibility index (Phi) is 8.03. The third-order valence-electron chi connectivity index (χ3n) is 5.46. The van der Waals surface area contributed by atoms with Crippen LogP contribution in [0.3, 0.4) is 0 Å². The van der Waals surface area contributed by atoms with Gasteiger partial charge in [-0.2, -0.15) is 0 Å². The third-order valence-corrected chi connectivity index (χ3v) is 6.52. The number of ether oxygens (including phenoxy) is 1. The summed E-state index contributed by atoms with van der Waals surface area (Å²) in [5.41, 5.74) is 2.40. The van der Waals surface area contributed by atoms with E-state index in [0.717, 1.165) is 36.3 Å². The molecular formula is C22H33N5OS. The molecule has 2 unspecified atom stereocenters. The number of nitrogens with one attached hydrogen (secondary N) is 1. The molecular weight excluding hydrogens is 382 g/mol. The Morgan fingerprint density at radius 1 is 1.31 bits per heavy atom. The van der Waals surface area contributed by atoms with Crippen molar-refractivity contribution in [3.05, 3.63) is 52.0 Å². The molecule has 0 spiro atoms. The highest BCUT2D eigenvalue weighted by molar-refractivity contribution is 7.09. The van der Waals surface area contributed by atoms with Crippen LogP contribution < -0.4 is 5.32 Å². The molecule has 1 aliphatic rings. The zero-order valence-corrected chi connectivity index (χ0v) is 18.8. The van der Waals surface area contributed by atoms with Gasteiger partial charge in [-0.1, -0.05) is 30.3 Å². The van der Waals surface area contributed by atoms with Crippen LogP contribution in [0, 0.1) is 0 Å². The van der Waals surface area contributed by atoms with Crippen molar-refractivity contribution in [1.29, 1.82) is 0 Å². The first kappa shape index (κ1) is 21.7. The van der Waals surface area contributed by atoms with Gasteiger partial charge in [-0.05, 0) is 38.4 Å². The number of aromatic nitrogens is 1. The lowest BCUT2D eigenvalue weighted by atomic mass is 10.1. The van der Waals surface area contributed by atoms with Crippen molar-refractivity contribution in [3.8, 4) is 0 Å². The third kappa shape index (κ3) is 5.78. The standard InChI is InChI=1S/C22H33N5OS/c1-17(28-4)21-25-19(16-29-21)15-26(3)22(23-2)24-14-20(27-12-8-9-13-27)18-10-6-5-7-11-18/h5-7,10-11,16-17,20H,8-9,12-15H2,1-4H3,(H,23,24). The Morgan fingerprint density at radius 3 is 2.69 bits per heavy atom. The number of rotatable bonds is 8. The predicted octanol–water partition coefficient (Wildman–Crippen LogP) is 3.69. The van der Waals surface area contributed by atoms with Gasteiger partial charge < -0.3 is 15.0 Å². The Labute approximate surface area is 178 Å². The van der Waals surface area contributed by atoms with Gasteiger partial charge in [0.2, 0.25) is 0 Å². The fourth-order valence-corrected chi connectivity index (χ4v) is 4.60. The highest BCUT2D eigenvalue weighted by Crippen LogP contribution is 2.24. The molecule has 7 heteroatoms. The van der Waals surface area contributed by atoms with Crippen LogP contribution in [0.15, 0.2) is 40.7 Å². The van der Waals surface area contributed by atoms with Gasteiger partial charge in [-0.15, -0.1) is 11.3 Å². The summed E-state index contributed by atoms with van der Waals surface area (Å²) in [5, 5.41) is 6.70. The van der Waals surface area contributed by atoms with Crippen molar-refractivity contribution in [2.24, 2.45) is 4.99 Å². The Hall–Kier alpha value is -1.96. The maximum atomic E-state index is 5.37. The van der Waals surface area contributed by atoms with Crippen molar-refractivity contribution in [2.45, 2.75) is 38.5 Å². The topological polar surface area (TPSA) is 53.0 Å². The number of hydrogen-bond acceptors (Lipinski definition) is 5. The molecule has 1 aromatic heterocycles. The molecule has 1 aliphatic heterocycles. The van der Waals surface area contributed by atoms with E-state index in [4.69, 9.17) is 9.72 Å². The number of likely N-dealkylation sites (tertiary alicyclic amines) is 1. The second-order valence-corrected chi connectivity index (χ2v) is 8.40. The summed E-state index contributed by atoms with van der Waals surface area (Å²) in [6.45, 7) is 5.90. The molecule has 0 aliphatic carbocycles. The minimum atomic E-state index is 0.0311. The molecule has 1 N–H and O–H groups in total. The van der Waals surface area contributed by atoms with Crippen LogP contribution in [-0.4, -0.2) is 61.6 Å². The maximum Gasteiger partial charge on any atom is 0.193 e. The fourth-order valence-electron chi connectivity index (χ4n) is 3.76. The molecule has 1 fully saturated rings. The van der Waals surface area contributed by atoms with Gasteiger partial charge >= 0.3 is 0 Å². The normalized spacial score (nSPS) is 17.3. The molecule has 2 atom stereocenters. The van der Waals surface area contributed by atoms with E-state index >= 15 is 0 Å². The maximum absolute atomic E-state index is 5.37. The van der Waals surface area contributed by atoms with Crippen LogP contribution in [0.4, 0.5) is 0 Å². The average Bonchev–Trinajstić information content (AvgIpc) is 3.43. The molecule has 0 saturated carbocycles. The van der Waals surface area contributed by atoms with E-state index in [1.54, 1.807) is 18.4 Å². The van der Waals surface area contributed by atoms with Crippen LogP contribution in [-0.2, 0) is 11.3 Å². The largest absolute Gasteiger partial charge is 0.375 e. The van der Waals surface area contributed by atoms with Gasteiger partial charge in [0.25, 0.3) is 0 Å². The summed E-state index contributed by atoms with van der Waals surface area (Å²) >= 11 is 1.65. The van der Waals surface area contributed by atoms with E-state index in [-0.39, 0.29) is 6.10 Å². The molecule has 0 radical (unpaired) electrons. The first-order valence-corrected chi connectivity index (χ1v) is 11.2. The van der Waals surface area contributed by atoms with Gasteiger partial charge in [-0.3, -0.25) is 9.89 Å². The summed E-state index contributed by atoms with van der Waals surface area (Å²) in [6, 6.07) is 11.1. The quantitative estimate of drug-likeness (QED) is 0.526. The molecule has 0 amide bonds. The van der Waals surface area contributed by atoms with Crippen molar-refractivity contribution in [2.75, 3.05) is 40.8 Å². The number of thiazole rings is 1. The Morgan fingerprint density at radius 2 is 2.03 bits per heavy atom. The number of aliphatic imine (C=N–C) groups is 1.